The molecule has 1 fully saturated rings. The van der Waals surface area contributed by atoms with E-state index >= 15 is 0 Å². The zero-order valence-electron chi connectivity index (χ0n) is 18.9. The molecule has 3 rings (SSSR count). The highest BCUT2D eigenvalue weighted by atomic mass is 32.2. The highest BCUT2D eigenvalue weighted by molar-refractivity contribution is 7.89. The van der Waals surface area contributed by atoms with Crippen molar-refractivity contribution in [3.05, 3.63) is 65.2 Å². The Kier molecular flexibility index (Phi) is 7.55. The first-order valence-corrected chi connectivity index (χ1v) is 12.6. The number of amides is 1. The molecule has 5 nitrogen and oxygen atoms in total. The van der Waals surface area contributed by atoms with Crippen LogP contribution in [-0.2, 0) is 21.9 Å². The molecule has 1 aliphatic heterocycles. The van der Waals surface area contributed by atoms with Crippen molar-refractivity contribution in [3.63, 3.8) is 0 Å². The second-order valence-electron chi connectivity index (χ2n) is 9.30. The Balaban J connectivity index is 1.54. The number of hydrogen-bond acceptors (Lipinski definition) is 3. The number of sulfonamides is 1. The van der Waals surface area contributed by atoms with E-state index in [4.69, 9.17) is 0 Å². The second-order valence-corrected chi connectivity index (χ2v) is 11.2. The number of benzene rings is 2. The quantitative estimate of drug-likeness (QED) is 0.715. The van der Waals surface area contributed by atoms with Crippen molar-refractivity contribution < 1.29 is 13.2 Å². The third kappa shape index (κ3) is 6.17. The van der Waals surface area contributed by atoms with E-state index < -0.39 is 10.0 Å². The average Bonchev–Trinajstić information content (AvgIpc) is 3.04. The summed E-state index contributed by atoms with van der Waals surface area (Å²) in [4.78, 5) is 12.7. The Morgan fingerprint density at radius 1 is 0.903 bits per heavy atom. The molecule has 1 aliphatic rings. The third-order valence-electron chi connectivity index (χ3n) is 5.84. The highest BCUT2D eigenvalue weighted by Crippen LogP contribution is 2.22. The van der Waals surface area contributed by atoms with E-state index in [9.17, 15) is 13.2 Å². The maximum Gasteiger partial charge on any atom is 0.251 e. The van der Waals surface area contributed by atoms with Gasteiger partial charge in [0.15, 0.2) is 0 Å². The minimum absolute atomic E-state index is 0.0574. The molecule has 1 N–H and O–H groups in total. The first-order valence-electron chi connectivity index (χ1n) is 11.2. The number of rotatable bonds is 6. The smallest absolute Gasteiger partial charge is 0.251 e. The summed E-state index contributed by atoms with van der Waals surface area (Å²) >= 11 is 0. The fourth-order valence-electron chi connectivity index (χ4n) is 3.80. The third-order valence-corrected chi connectivity index (χ3v) is 7.75. The fraction of sp³-hybridized carbons (Fsp3) is 0.480. The van der Waals surface area contributed by atoms with Crippen LogP contribution in [0, 0.1) is 0 Å². The van der Waals surface area contributed by atoms with Gasteiger partial charge in [-0.2, -0.15) is 4.31 Å². The summed E-state index contributed by atoms with van der Waals surface area (Å²) in [6.07, 6.45) is 4.69. The lowest BCUT2D eigenvalue weighted by molar-refractivity contribution is 0.0954. The minimum Gasteiger partial charge on any atom is -0.352 e. The van der Waals surface area contributed by atoms with Gasteiger partial charge >= 0.3 is 0 Å². The van der Waals surface area contributed by atoms with Crippen LogP contribution in [0.15, 0.2) is 53.4 Å². The maximum atomic E-state index is 12.9. The van der Waals surface area contributed by atoms with Gasteiger partial charge in [0.2, 0.25) is 10.0 Å². The van der Waals surface area contributed by atoms with Crippen LogP contribution in [0.5, 0.6) is 0 Å². The van der Waals surface area contributed by atoms with Gasteiger partial charge in [-0.15, -0.1) is 0 Å². The number of carbonyl (C=O) groups excluding carboxylic acids is 1. The standard InChI is InChI=1S/C25H34N2O3S/c1-25(2,3)22-12-10-21(11-13-22)24(28)26-17-16-20-8-14-23(15-9-20)31(29,30)27-18-6-4-5-7-19-27/h8-15H,4-7,16-19H2,1-3H3,(H,26,28). The topological polar surface area (TPSA) is 66.5 Å². The molecule has 168 valence electrons. The first-order chi connectivity index (χ1) is 14.7. The molecule has 0 radical (unpaired) electrons. The van der Waals surface area contributed by atoms with Crippen LogP contribution in [0.1, 0.15) is 67.9 Å². The molecule has 2 aromatic rings. The van der Waals surface area contributed by atoms with Crippen LogP contribution in [0.4, 0.5) is 0 Å². The molecule has 0 atom stereocenters. The number of nitrogens with zero attached hydrogens (tertiary/aromatic N) is 1. The van der Waals surface area contributed by atoms with Crippen molar-refractivity contribution >= 4 is 15.9 Å². The van der Waals surface area contributed by atoms with Crippen molar-refractivity contribution in [1.82, 2.24) is 9.62 Å². The van der Waals surface area contributed by atoms with Gasteiger partial charge in [-0.1, -0.05) is 57.9 Å². The Bertz CT molecular complexity index is 967. The minimum atomic E-state index is -3.42. The molecular formula is C25H34N2O3S. The first kappa shape index (κ1) is 23.5. The Morgan fingerprint density at radius 2 is 1.48 bits per heavy atom. The summed E-state index contributed by atoms with van der Waals surface area (Å²) in [5.41, 5.74) is 2.89. The maximum absolute atomic E-state index is 12.9. The molecule has 0 aromatic heterocycles. The van der Waals surface area contributed by atoms with Gasteiger partial charge in [-0.3, -0.25) is 4.79 Å². The van der Waals surface area contributed by atoms with Crippen molar-refractivity contribution in [2.75, 3.05) is 19.6 Å². The normalized spacial score (nSPS) is 16.0. The van der Waals surface area contributed by atoms with Crippen molar-refractivity contribution in [2.45, 2.75) is 63.2 Å². The summed E-state index contributed by atoms with van der Waals surface area (Å²) in [5.74, 6) is -0.0965. The van der Waals surface area contributed by atoms with Gasteiger partial charge in [-0.25, -0.2) is 8.42 Å². The van der Waals surface area contributed by atoms with E-state index in [1.807, 2.05) is 36.4 Å². The molecule has 6 heteroatoms. The summed E-state index contributed by atoms with van der Waals surface area (Å²) in [6.45, 7) is 8.14. The number of hydrogen-bond donors (Lipinski definition) is 1. The van der Waals surface area contributed by atoms with E-state index in [0.717, 1.165) is 31.2 Å². The lowest BCUT2D eigenvalue weighted by Crippen LogP contribution is -2.31. The van der Waals surface area contributed by atoms with Crippen molar-refractivity contribution in [2.24, 2.45) is 0 Å². The van der Waals surface area contributed by atoms with Gasteiger partial charge in [0.1, 0.15) is 0 Å². The molecule has 1 heterocycles. The zero-order chi connectivity index (χ0) is 22.5. The van der Waals surface area contributed by atoms with Gasteiger partial charge in [0, 0.05) is 25.2 Å². The van der Waals surface area contributed by atoms with Gasteiger partial charge in [0.05, 0.1) is 4.90 Å². The van der Waals surface area contributed by atoms with Crippen LogP contribution in [0.2, 0.25) is 0 Å². The van der Waals surface area contributed by atoms with E-state index in [-0.39, 0.29) is 11.3 Å². The number of nitrogens with one attached hydrogen (secondary N) is 1. The molecule has 0 unspecified atom stereocenters. The predicted molar refractivity (Wildman–Crippen MR) is 125 cm³/mol. The molecule has 0 saturated carbocycles. The van der Waals surface area contributed by atoms with Crippen LogP contribution >= 0.6 is 0 Å². The van der Waals surface area contributed by atoms with Gasteiger partial charge < -0.3 is 5.32 Å². The van der Waals surface area contributed by atoms with Gasteiger partial charge in [0.25, 0.3) is 5.91 Å². The van der Waals surface area contributed by atoms with E-state index in [0.29, 0.717) is 36.5 Å². The lowest BCUT2D eigenvalue weighted by Gasteiger charge is -2.20. The molecule has 0 bridgehead atoms. The molecule has 0 spiro atoms. The molecule has 1 saturated heterocycles. The van der Waals surface area contributed by atoms with Crippen molar-refractivity contribution in [1.29, 1.82) is 0 Å². The summed E-state index contributed by atoms with van der Waals surface area (Å²) < 4.78 is 27.3. The molecule has 1 amide bonds. The summed E-state index contributed by atoms with van der Waals surface area (Å²) in [7, 11) is -3.42. The van der Waals surface area contributed by atoms with Gasteiger partial charge in [-0.05, 0) is 60.1 Å². The Labute approximate surface area is 186 Å². The Hall–Kier alpha value is -2.18. The van der Waals surface area contributed by atoms with Crippen molar-refractivity contribution in [3.8, 4) is 0 Å². The molecule has 0 aliphatic carbocycles. The van der Waals surface area contributed by atoms with E-state index in [1.54, 1.807) is 16.4 Å². The highest BCUT2D eigenvalue weighted by Gasteiger charge is 2.24. The predicted octanol–water partition coefficient (Wildman–Crippen LogP) is 4.52. The van der Waals surface area contributed by atoms with E-state index in [1.165, 1.54) is 5.56 Å². The fourth-order valence-corrected chi connectivity index (χ4v) is 5.32. The lowest BCUT2D eigenvalue weighted by atomic mass is 9.87. The monoisotopic (exact) mass is 442 g/mol. The molecule has 2 aromatic carbocycles. The molecular weight excluding hydrogens is 408 g/mol. The SMILES string of the molecule is CC(C)(C)c1ccc(C(=O)NCCc2ccc(S(=O)(=O)N3CCCCCC3)cc2)cc1. The zero-order valence-corrected chi connectivity index (χ0v) is 19.7. The van der Waals surface area contributed by atoms with Crippen LogP contribution in [-0.4, -0.2) is 38.3 Å². The molecule has 31 heavy (non-hydrogen) atoms. The second kappa shape index (κ2) is 9.96. The summed E-state index contributed by atoms with van der Waals surface area (Å²) in [6, 6.07) is 14.8. The Morgan fingerprint density at radius 3 is 2.03 bits per heavy atom. The van der Waals surface area contributed by atoms with E-state index in [2.05, 4.69) is 26.1 Å². The average molecular weight is 443 g/mol. The van der Waals surface area contributed by atoms with Crippen LogP contribution in [0.25, 0.3) is 0 Å². The largest absolute Gasteiger partial charge is 0.352 e. The summed E-state index contributed by atoms with van der Waals surface area (Å²) in [5, 5.41) is 2.94. The van der Waals surface area contributed by atoms with Crippen LogP contribution in [0.3, 0.4) is 0 Å². The van der Waals surface area contributed by atoms with Crippen LogP contribution < -0.4 is 5.32 Å². The number of carbonyl (C=O) groups is 1.